The number of alkyl carbamates (subject to hydrolysis) is 1. The summed E-state index contributed by atoms with van der Waals surface area (Å²) >= 11 is 0. The molecule has 3 N–H and O–H groups in total. The molecule has 5 nitrogen and oxygen atoms in total. The Bertz CT molecular complexity index is 148. The normalized spacial score (nSPS) is 11.8. The molecule has 5 heteroatoms. The van der Waals surface area contributed by atoms with Crippen molar-refractivity contribution in [3.05, 3.63) is 12.7 Å². The average Bonchev–Trinajstić information content (AvgIpc) is 2.10. The van der Waals surface area contributed by atoms with Crippen LogP contribution in [0.5, 0.6) is 0 Å². The Morgan fingerprint density at radius 2 is 2.42 bits per heavy atom. The monoisotopic (exact) mass is 175 g/mol. The number of hydrogen-bond acceptors (Lipinski definition) is 4. The molecule has 12 heavy (non-hydrogen) atoms. The number of carbonyl (C=O) groups is 1. The molecule has 0 spiro atoms. The molecule has 0 aromatic carbocycles. The lowest BCUT2D eigenvalue weighted by Crippen LogP contribution is -2.34. The van der Waals surface area contributed by atoms with E-state index in [2.05, 4.69) is 16.6 Å². The highest BCUT2D eigenvalue weighted by Gasteiger charge is 2.04. The summed E-state index contributed by atoms with van der Waals surface area (Å²) in [4.78, 5) is 10.6. The summed E-state index contributed by atoms with van der Waals surface area (Å²) in [6.45, 7) is 3.07. The predicted octanol–water partition coefficient (Wildman–Crippen LogP) is -0.748. The molecule has 0 aliphatic heterocycles. The highest BCUT2D eigenvalue weighted by molar-refractivity contribution is 5.67. The molecule has 0 unspecified atom stereocenters. The summed E-state index contributed by atoms with van der Waals surface area (Å²) < 4.78 is 4.53. The van der Waals surface area contributed by atoms with E-state index in [0.717, 1.165) is 0 Å². The van der Waals surface area contributed by atoms with E-state index < -0.39 is 12.2 Å². The standard InChI is InChI=1S/C7H13NO4/c1-2-3-12-7(11)8-4-6(10)5-9/h2,6,9-10H,1,3-5H2,(H,8,11)/t6-/m0/s1. The van der Waals surface area contributed by atoms with E-state index in [4.69, 9.17) is 10.2 Å². The van der Waals surface area contributed by atoms with Crippen molar-refractivity contribution in [2.24, 2.45) is 0 Å². The molecule has 0 rings (SSSR count). The van der Waals surface area contributed by atoms with Crippen LogP contribution in [0.4, 0.5) is 4.79 Å². The Morgan fingerprint density at radius 1 is 1.75 bits per heavy atom. The third kappa shape index (κ3) is 5.70. The molecule has 0 heterocycles. The van der Waals surface area contributed by atoms with Gasteiger partial charge in [-0.15, -0.1) is 0 Å². The van der Waals surface area contributed by atoms with Crippen molar-refractivity contribution in [3.63, 3.8) is 0 Å². The molecule has 1 amide bonds. The van der Waals surface area contributed by atoms with Gasteiger partial charge in [-0.3, -0.25) is 0 Å². The summed E-state index contributed by atoms with van der Waals surface area (Å²) in [7, 11) is 0. The van der Waals surface area contributed by atoms with E-state index >= 15 is 0 Å². The molecule has 0 aliphatic rings. The second-order valence-electron chi connectivity index (χ2n) is 2.10. The van der Waals surface area contributed by atoms with Gasteiger partial charge in [0.25, 0.3) is 0 Å². The minimum absolute atomic E-state index is 0.0214. The summed E-state index contributed by atoms with van der Waals surface area (Å²) in [6.07, 6.45) is -0.147. The van der Waals surface area contributed by atoms with Crippen LogP contribution >= 0.6 is 0 Å². The first-order valence-electron chi connectivity index (χ1n) is 3.51. The molecule has 0 radical (unpaired) electrons. The fraction of sp³-hybridized carbons (Fsp3) is 0.571. The van der Waals surface area contributed by atoms with Crippen LogP contribution in [0.2, 0.25) is 0 Å². The Morgan fingerprint density at radius 3 is 2.92 bits per heavy atom. The Hall–Kier alpha value is -1.07. The third-order valence-corrected chi connectivity index (χ3v) is 1.03. The van der Waals surface area contributed by atoms with Crippen LogP contribution in [0.15, 0.2) is 12.7 Å². The fourth-order valence-corrected chi connectivity index (χ4v) is 0.451. The lowest BCUT2D eigenvalue weighted by atomic mass is 10.4. The first-order valence-corrected chi connectivity index (χ1v) is 3.51. The first-order chi connectivity index (χ1) is 5.70. The zero-order valence-electron chi connectivity index (χ0n) is 6.69. The van der Waals surface area contributed by atoms with Gasteiger partial charge in [-0.25, -0.2) is 4.79 Å². The van der Waals surface area contributed by atoms with Crippen LogP contribution in [0.1, 0.15) is 0 Å². The zero-order valence-corrected chi connectivity index (χ0v) is 6.69. The molecule has 0 bridgehead atoms. The van der Waals surface area contributed by atoms with E-state index in [1.54, 1.807) is 0 Å². The largest absolute Gasteiger partial charge is 0.445 e. The zero-order chi connectivity index (χ0) is 9.40. The van der Waals surface area contributed by atoms with Crippen molar-refractivity contribution < 1.29 is 19.7 Å². The Balaban J connectivity index is 3.36. The van der Waals surface area contributed by atoms with Crippen LogP contribution in [-0.2, 0) is 4.74 Å². The quantitative estimate of drug-likeness (QED) is 0.480. The maximum atomic E-state index is 10.6. The summed E-state index contributed by atoms with van der Waals surface area (Å²) in [6, 6.07) is 0. The van der Waals surface area contributed by atoms with Gasteiger partial charge < -0.3 is 20.3 Å². The second kappa shape index (κ2) is 6.63. The topological polar surface area (TPSA) is 78.8 Å². The number of nitrogens with one attached hydrogen (secondary N) is 1. The average molecular weight is 175 g/mol. The van der Waals surface area contributed by atoms with Gasteiger partial charge in [0.05, 0.1) is 12.7 Å². The Kier molecular flexibility index (Phi) is 6.04. The molecular formula is C7H13NO4. The van der Waals surface area contributed by atoms with Gasteiger partial charge in [0, 0.05) is 6.54 Å². The number of rotatable bonds is 5. The van der Waals surface area contributed by atoms with E-state index in [1.165, 1.54) is 6.08 Å². The van der Waals surface area contributed by atoms with Crippen molar-refractivity contribution >= 4 is 6.09 Å². The van der Waals surface area contributed by atoms with Gasteiger partial charge >= 0.3 is 6.09 Å². The van der Waals surface area contributed by atoms with Gasteiger partial charge in [-0.05, 0) is 0 Å². The Labute approximate surface area is 70.7 Å². The van der Waals surface area contributed by atoms with Crippen LogP contribution < -0.4 is 5.32 Å². The SMILES string of the molecule is C=CCOC(=O)NC[C@H](O)CO. The van der Waals surface area contributed by atoms with Gasteiger partial charge in [0.1, 0.15) is 6.61 Å². The van der Waals surface area contributed by atoms with Gasteiger partial charge in [0.2, 0.25) is 0 Å². The van der Waals surface area contributed by atoms with E-state index in [1.807, 2.05) is 0 Å². The molecule has 0 aromatic rings. The molecule has 0 fully saturated rings. The smallest absolute Gasteiger partial charge is 0.407 e. The van der Waals surface area contributed by atoms with Crippen molar-refractivity contribution in [2.75, 3.05) is 19.8 Å². The summed E-state index contributed by atoms with van der Waals surface area (Å²) in [5, 5.41) is 19.4. The van der Waals surface area contributed by atoms with E-state index in [9.17, 15) is 4.79 Å². The maximum Gasteiger partial charge on any atom is 0.407 e. The van der Waals surface area contributed by atoms with Crippen molar-refractivity contribution in [3.8, 4) is 0 Å². The van der Waals surface area contributed by atoms with Gasteiger partial charge in [-0.1, -0.05) is 12.7 Å². The van der Waals surface area contributed by atoms with Gasteiger partial charge in [0.15, 0.2) is 0 Å². The molecule has 0 saturated heterocycles. The molecule has 0 aliphatic carbocycles. The lowest BCUT2D eigenvalue weighted by Gasteiger charge is -2.08. The molecule has 70 valence electrons. The van der Waals surface area contributed by atoms with Crippen LogP contribution in [0.3, 0.4) is 0 Å². The van der Waals surface area contributed by atoms with Gasteiger partial charge in [-0.2, -0.15) is 0 Å². The lowest BCUT2D eigenvalue weighted by molar-refractivity contribution is 0.0901. The summed E-state index contributed by atoms with van der Waals surface area (Å²) in [5.74, 6) is 0. The third-order valence-electron chi connectivity index (χ3n) is 1.03. The number of amides is 1. The van der Waals surface area contributed by atoms with Crippen LogP contribution in [0.25, 0.3) is 0 Å². The molecule has 0 saturated carbocycles. The number of ether oxygens (including phenoxy) is 1. The van der Waals surface area contributed by atoms with E-state index in [0.29, 0.717) is 0 Å². The van der Waals surface area contributed by atoms with E-state index in [-0.39, 0.29) is 19.8 Å². The highest BCUT2D eigenvalue weighted by Crippen LogP contribution is 1.80. The maximum absolute atomic E-state index is 10.6. The number of carbonyl (C=O) groups excluding carboxylic acids is 1. The van der Waals surface area contributed by atoms with Crippen molar-refractivity contribution in [2.45, 2.75) is 6.10 Å². The van der Waals surface area contributed by atoms with Crippen LogP contribution in [0, 0.1) is 0 Å². The first kappa shape index (κ1) is 10.9. The summed E-state index contributed by atoms with van der Waals surface area (Å²) in [5.41, 5.74) is 0. The predicted molar refractivity (Wildman–Crippen MR) is 42.6 cm³/mol. The number of hydrogen-bond donors (Lipinski definition) is 3. The van der Waals surface area contributed by atoms with Crippen LogP contribution in [-0.4, -0.2) is 42.2 Å². The molecule has 1 atom stereocenters. The number of aliphatic hydroxyl groups is 2. The molecule has 0 aromatic heterocycles. The minimum atomic E-state index is -0.943. The van der Waals surface area contributed by atoms with Crippen molar-refractivity contribution in [1.82, 2.24) is 5.32 Å². The second-order valence-corrected chi connectivity index (χ2v) is 2.10. The number of aliphatic hydroxyl groups excluding tert-OH is 2. The van der Waals surface area contributed by atoms with Crippen molar-refractivity contribution in [1.29, 1.82) is 0 Å². The fourth-order valence-electron chi connectivity index (χ4n) is 0.451. The molecular weight excluding hydrogens is 162 g/mol. The highest BCUT2D eigenvalue weighted by atomic mass is 16.5. The minimum Gasteiger partial charge on any atom is -0.445 e.